The van der Waals surface area contributed by atoms with Crippen LogP contribution in [0.25, 0.3) is 0 Å². The van der Waals surface area contributed by atoms with E-state index in [4.69, 9.17) is 9.84 Å². The standard InChI is InChI=1S/C12H11BrN2O3/c1-15-8(6-10(14-15)12(16)17)7-18-11-5-3-2-4-9(11)13/h2-6H,7H2,1H3,(H,16,17). The first-order valence-corrected chi connectivity index (χ1v) is 6.01. The summed E-state index contributed by atoms with van der Waals surface area (Å²) in [5.41, 5.74) is 0.714. The molecule has 0 bridgehead atoms. The molecule has 0 aliphatic heterocycles. The van der Waals surface area contributed by atoms with Crippen molar-refractivity contribution in [3.05, 3.63) is 46.2 Å². The van der Waals surface area contributed by atoms with Crippen molar-refractivity contribution in [2.45, 2.75) is 6.61 Å². The molecule has 0 aliphatic rings. The monoisotopic (exact) mass is 310 g/mol. The summed E-state index contributed by atoms with van der Waals surface area (Å²) in [6.07, 6.45) is 0. The Kier molecular flexibility index (Phi) is 3.66. The number of halogens is 1. The number of rotatable bonds is 4. The molecule has 2 rings (SSSR count). The summed E-state index contributed by atoms with van der Waals surface area (Å²) in [6, 6.07) is 8.97. The summed E-state index contributed by atoms with van der Waals surface area (Å²) in [7, 11) is 1.69. The number of hydrogen-bond donors (Lipinski definition) is 1. The molecule has 5 nitrogen and oxygen atoms in total. The minimum Gasteiger partial charge on any atom is -0.486 e. The van der Waals surface area contributed by atoms with E-state index in [1.54, 1.807) is 7.05 Å². The third-order valence-corrected chi connectivity index (χ3v) is 3.06. The lowest BCUT2D eigenvalue weighted by Gasteiger charge is -2.07. The first-order valence-electron chi connectivity index (χ1n) is 5.21. The average Bonchev–Trinajstić information content (AvgIpc) is 2.70. The first kappa shape index (κ1) is 12.6. The largest absolute Gasteiger partial charge is 0.486 e. The molecule has 0 saturated heterocycles. The van der Waals surface area contributed by atoms with Crippen LogP contribution in [0.1, 0.15) is 16.2 Å². The highest BCUT2D eigenvalue weighted by Crippen LogP contribution is 2.24. The number of aromatic nitrogens is 2. The second-order valence-corrected chi connectivity index (χ2v) is 4.52. The highest BCUT2D eigenvalue weighted by molar-refractivity contribution is 9.10. The zero-order valence-corrected chi connectivity index (χ0v) is 11.2. The Hall–Kier alpha value is -1.82. The van der Waals surface area contributed by atoms with Gasteiger partial charge in [-0.2, -0.15) is 5.10 Å². The Morgan fingerprint density at radius 2 is 2.22 bits per heavy atom. The van der Waals surface area contributed by atoms with E-state index < -0.39 is 5.97 Å². The van der Waals surface area contributed by atoms with Crippen LogP contribution in [-0.4, -0.2) is 20.9 Å². The predicted octanol–water partition coefficient (Wildman–Crippen LogP) is 2.46. The van der Waals surface area contributed by atoms with Crippen LogP contribution in [0.5, 0.6) is 5.75 Å². The van der Waals surface area contributed by atoms with Gasteiger partial charge in [0, 0.05) is 7.05 Å². The Bertz CT molecular complexity index is 580. The molecule has 0 aliphatic carbocycles. The first-order chi connectivity index (χ1) is 8.58. The van der Waals surface area contributed by atoms with Gasteiger partial charge in [-0.15, -0.1) is 0 Å². The molecule has 0 amide bonds. The summed E-state index contributed by atoms with van der Waals surface area (Å²) >= 11 is 3.38. The molecule has 18 heavy (non-hydrogen) atoms. The van der Waals surface area contributed by atoms with Crippen LogP contribution in [0, 0.1) is 0 Å². The summed E-state index contributed by atoms with van der Waals surface area (Å²) in [4.78, 5) is 10.8. The SMILES string of the molecule is Cn1nc(C(=O)O)cc1COc1ccccc1Br. The normalized spacial score (nSPS) is 10.3. The molecule has 0 atom stereocenters. The van der Waals surface area contributed by atoms with Crippen molar-refractivity contribution in [3.63, 3.8) is 0 Å². The van der Waals surface area contributed by atoms with Crippen molar-refractivity contribution in [3.8, 4) is 5.75 Å². The molecule has 0 unspecified atom stereocenters. The van der Waals surface area contributed by atoms with Gasteiger partial charge in [-0.25, -0.2) is 4.79 Å². The predicted molar refractivity (Wildman–Crippen MR) is 68.6 cm³/mol. The Balaban J connectivity index is 2.11. The fraction of sp³-hybridized carbons (Fsp3) is 0.167. The molecule has 1 heterocycles. The average molecular weight is 311 g/mol. The number of carboxylic acid groups (broad SMARTS) is 1. The molecule has 1 aromatic carbocycles. The van der Waals surface area contributed by atoms with E-state index in [0.717, 1.165) is 4.47 Å². The van der Waals surface area contributed by atoms with Crippen LogP contribution in [-0.2, 0) is 13.7 Å². The van der Waals surface area contributed by atoms with Gasteiger partial charge >= 0.3 is 5.97 Å². The number of nitrogens with zero attached hydrogens (tertiary/aromatic N) is 2. The molecule has 0 spiro atoms. The molecule has 0 radical (unpaired) electrons. The van der Waals surface area contributed by atoms with Crippen molar-refractivity contribution in [1.82, 2.24) is 9.78 Å². The van der Waals surface area contributed by atoms with Gasteiger partial charge in [-0.05, 0) is 34.1 Å². The van der Waals surface area contributed by atoms with E-state index in [0.29, 0.717) is 11.4 Å². The fourth-order valence-corrected chi connectivity index (χ4v) is 1.86. The van der Waals surface area contributed by atoms with E-state index in [9.17, 15) is 4.79 Å². The Morgan fingerprint density at radius 1 is 1.50 bits per heavy atom. The van der Waals surface area contributed by atoms with Gasteiger partial charge in [0.2, 0.25) is 0 Å². The highest BCUT2D eigenvalue weighted by Gasteiger charge is 2.11. The minimum absolute atomic E-state index is 0.0169. The Labute approximate surface area is 112 Å². The number of aryl methyl sites for hydroxylation is 1. The van der Waals surface area contributed by atoms with Crippen LogP contribution < -0.4 is 4.74 Å². The summed E-state index contributed by atoms with van der Waals surface area (Å²) < 4.78 is 7.95. The summed E-state index contributed by atoms with van der Waals surface area (Å²) in [5, 5.41) is 12.7. The van der Waals surface area contributed by atoms with Gasteiger partial charge in [-0.1, -0.05) is 12.1 Å². The van der Waals surface area contributed by atoms with Crippen LogP contribution >= 0.6 is 15.9 Å². The van der Waals surface area contributed by atoms with Crippen molar-refractivity contribution >= 4 is 21.9 Å². The molecular formula is C12H11BrN2O3. The quantitative estimate of drug-likeness (QED) is 0.942. The van der Waals surface area contributed by atoms with Gasteiger partial charge in [0.25, 0.3) is 0 Å². The lowest BCUT2D eigenvalue weighted by Crippen LogP contribution is -2.03. The topological polar surface area (TPSA) is 64.4 Å². The lowest BCUT2D eigenvalue weighted by molar-refractivity contribution is 0.0689. The van der Waals surface area contributed by atoms with E-state index in [-0.39, 0.29) is 12.3 Å². The highest BCUT2D eigenvalue weighted by atomic mass is 79.9. The number of hydrogen-bond acceptors (Lipinski definition) is 3. The van der Waals surface area contributed by atoms with Crippen LogP contribution in [0.4, 0.5) is 0 Å². The van der Waals surface area contributed by atoms with Gasteiger partial charge in [0.05, 0.1) is 10.2 Å². The smallest absolute Gasteiger partial charge is 0.356 e. The van der Waals surface area contributed by atoms with Crippen molar-refractivity contribution in [2.24, 2.45) is 7.05 Å². The second kappa shape index (κ2) is 5.22. The number of para-hydroxylation sites is 1. The molecule has 1 aromatic heterocycles. The Morgan fingerprint density at radius 3 is 2.83 bits per heavy atom. The lowest BCUT2D eigenvalue weighted by atomic mass is 10.3. The van der Waals surface area contributed by atoms with Crippen LogP contribution in [0.3, 0.4) is 0 Å². The van der Waals surface area contributed by atoms with E-state index in [1.165, 1.54) is 10.7 Å². The maximum Gasteiger partial charge on any atom is 0.356 e. The maximum absolute atomic E-state index is 10.8. The molecule has 1 N–H and O–H groups in total. The summed E-state index contributed by atoms with van der Waals surface area (Å²) in [5.74, 6) is -0.340. The number of carboxylic acids is 1. The minimum atomic E-state index is -1.04. The number of aromatic carboxylic acids is 1. The van der Waals surface area contributed by atoms with Crippen LogP contribution in [0.15, 0.2) is 34.8 Å². The fourth-order valence-electron chi connectivity index (χ4n) is 1.46. The zero-order valence-electron chi connectivity index (χ0n) is 9.63. The number of ether oxygens (including phenoxy) is 1. The molecule has 6 heteroatoms. The third kappa shape index (κ3) is 2.70. The van der Waals surface area contributed by atoms with E-state index >= 15 is 0 Å². The molecule has 2 aromatic rings. The molecule has 0 fully saturated rings. The third-order valence-electron chi connectivity index (χ3n) is 2.41. The number of benzene rings is 1. The van der Waals surface area contributed by atoms with E-state index in [2.05, 4.69) is 21.0 Å². The van der Waals surface area contributed by atoms with Crippen molar-refractivity contribution in [1.29, 1.82) is 0 Å². The summed E-state index contributed by atoms with van der Waals surface area (Å²) in [6.45, 7) is 0.263. The maximum atomic E-state index is 10.8. The van der Waals surface area contributed by atoms with Gasteiger partial charge < -0.3 is 9.84 Å². The van der Waals surface area contributed by atoms with Gasteiger partial charge in [0.1, 0.15) is 12.4 Å². The van der Waals surface area contributed by atoms with Crippen molar-refractivity contribution in [2.75, 3.05) is 0 Å². The van der Waals surface area contributed by atoms with Gasteiger partial charge in [-0.3, -0.25) is 4.68 Å². The number of carbonyl (C=O) groups is 1. The van der Waals surface area contributed by atoms with E-state index in [1.807, 2.05) is 24.3 Å². The molecule has 94 valence electrons. The van der Waals surface area contributed by atoms with Crippen molar-refractivity contribution < 1.29 is 14.6 Å². The van der Waals surface area contributed by atoms with Crippen LogP contribution in [0.2, 0.25) is 0 Å². The molecule has 0 saturated carbocycles. The molecular weight excluding hydrogens is 300 g/mol. The second-order valence-electron chi connectivity index (χ2n) is 3.67. The van der Waals surface area contributed by atoms with Gasteiger partial charge in [0.15, 0.2) is 5.69 Å². The zero-order chi connectivity index (χ0) is 13.1.